The van der Waals surface area contributed by atoms with E-state index in [0.29, 0.717) is 39.9 Å². The summed E-state index contributed by atoms with van der Waals surface area (Å²) in [5, 5.41) is 2.61. The zero-order valence-electron chi connectivity index (χ0n) is 17.8. The Morgan fingerprint density at radius 1 is 1.16 bits per heavy atom. The minimum Gasteiger partial charge on any atom is -0.493 e. The van der Waals surface area contributed by atoms with Crippen LogP contribution in [0.3, 0.4) is 0 Å². The number of nitrogens with one attached hydrogen (secondary N) is 1. The second kappa shape index (κ2) is 10.5. The average Bonchev–Trinajstić information content (AvgIpc) is 3.02. The number of carbonyl (C=O) groups excluding carboxylic acids is 1. The lowest BCUT2D eigenvalue weighted by Gasteiger charge is -2.16. The van der Waals surface area contributed by atoms with Crippen LogP contribution in [-0.2, 0) is 4.79 Å². The Morgan fingerprint density at radius 3 is 2.55 bits per heavy atom. The number of carbonyl (C=O) groups is 1. The summed E-state index contributed by atoms with van der Waals surface area (Å²) in [5.41, 5.74) is 3.13. The second-order valence-electron chi connectivity index (χ2n) is 7.28. The van der Waals surface area contributed by atoms with E-state index in [1.54, 1.807) is 13.2 Å². The summed E-state index contributed by atoms with van der Waals surface area (Å²) in [6, 6.07) is 9.95. The number of ether oxygens (including phenoxy) is 3. The fourth-order valence-corrected chi connectivity index (χ4v) is 4.69. The van der Waals surface area contributed by atoms with Crippen molar-refractivity contribution in [2.45, 2.75) is 26.7 Å². The highest BCUT2D eigenvalue weighted by Crippen LogP contribution is 2.38. The van der Waals surface area contributed by atoms with Crippen molar-refractivity contribution < 1.29 is 19.0 Å². The van der Waals surface area contributed by atoms with Crippen LogP contribution in [0.25, 0.3) is 6.08 Å². The molecule has 0 spiro atoms. The molecule has 0 saturated carbocycles. The maximum absolute atomic E-state index is 11.9. The molecule has 1 heterocycles. The standard InChI is InChI=1S/C23H24BrNO4S2/c1-13(2)16-6-5-14(3)9-18(16)28-7-8-29-21-17(24)10-15(11-19(21)27-4)12-20-22(26)25-23(30)31-20/h5-6,9-13H,7-8H2,1-4H3,(H,25,26,30)/b20-12-. The monoisotopic (exact) mass is 521 g/mol. The molecule has 164 valence electrons. The summed E-state index contributed by atoms with van der Waals surface area (Å²) in [4.78, 5) is 12.4. The lowest BCUT2D eigenvalue weighted by atomic mass is 10.0. The van der Waals surface area contributed by atoms with Gasteiger partial charge in [0.15, 0.2) is 11.5 Å². The van der Waals surface area contributed by atoms with Gasteiger partial charge in [0.1, 0.15) is 23.3 Å². The van der Waals surface area contributed by atoms with Crippen molar-refractivity contribution in [3.8, 4) is 17.2 Å². The molecule has 8 heteroatoms. The van der Waals surface area contributed by atoms with Gasteiger partial charge in [0.25, 0.3) is 5.91 Å². The molecule has 3 rings (SSSR count). The fourth-order valence-electron chi connectivity index (χ4n) is 3.07. The zero-order chi connectivity index (χ0) is 22.5. The normalized spacial score (nSPS) is 14.8. The zero-order valence-corrected chi connectivity index (χ0v) is 21.0. The van der Waals surface area contributed by atoms with Gasteiger partial charge in [0, 0.05) is 0 Å². The smallest absolute Gasteiger partial charge is 0.263 e. The number of benzene rings is 2. The Kier molecular flexibility index (Phi) is 8.02. The molecule has 2 aromatic carbocycles. The maximum atomic E-state index is 11.9. The SMILES string of the molecule is COc1cc(/C=C2\SC(=S)NC2=O)cc(Br)c1OCCOc1cc(C)ccc1C(C)C. The molecule has 1 saturated heterocycles. The molecule has 0 bridgehead atoms. The highest BCUT2D eigenvalue weighted by Gasteiger charge is 2.22. The minimum absolute atomic E-state index is 0.195. The van der Waals surface area contributed by atoms with E-state index < -0.39 is 0 Å². The Morgan fingerprint density at radius 2 is 1.90 bits per heavy atom. The highest BCUT2D eigenvalue weighted by atomic mass is 79.9. The fraction of sp³-hybridized carbons (Fsp3) is 0.304. The summed E-state index contributed by atoms with van der Waals surface area (Å²) < 4.78 is 18.6. The van der Waals surface area contributed by atoms with E-state index in [9.17, 15) is 4.79 Å². The lowest BCUT2D eigenvalue weighted by Crippen LogP contribution is -2.17. The van der Waals surface area contributed by atoms with Crippen LogP contribution in [0.4, 0.5) is 0 Å². The molecule has 5 nitrogen and oxygen atoms in total. The average molecular weight is 522 g/mol. The van der Waals surface area contributed by atoms with Crippen molar-refractivity contribution in [2.24, 2.45) is 0 Å². The van der Waals surface area contributed by atoms with Crippen molar-refractivity contribution in [3.05, 3.63) is 56.4 Å². The van der Waals surface area contributed by atoms with Gasteiger partial charge in [0.05, 0.1) is 16.5 Å². The summed E-state index contributed by atoms with van der Waals surface area (Å²) in [6.07, 6.45) is 1.77. The Hall–Kier alpha value is -2.03. The van der Waals surface area contributed by atoms with E-state index in [-0.39, 0.29) is 5.91 Å². The Bertz CT molecular complexity index is 1040. The molecule has 0 aliphatic carbocycles. The van der Waals surface area contributed by atoms with Crippen LogP contribution >= 0.6 is 39.9 Å². The van der Waals surface area contributed by atoms with Crippen LogP contribution in [0.1, 0.15) is 36.5 Å². The molecular weight excluding hydrogens is 498 g/mol. The van der Waals surface area contributed by atoms with Crippen LogP contribution < -0.4 is 19.5 Å². The predicted molar refractivity (Wildman–Crippen MR) is 133 cm³/mol. The number of amides is 1. The third kappa shape index (κ3) is 6.02. The van der Waals surface area contributed by atoms with E-state index in [0.717, 1.165) is 21.3 Å². The molecule has 1 N–H and O–H groups in total. The first kappa shape index (κ1) is 23.6. The largest absolute Gasteiger partial charge is 0.493 e. The molecule has 0 atom stereocenters. The van der Waals surface area contributed by atoms with Crippen LogP contribution in [0, 0.1) is 6.92 Å². The number of halogens is 1. The molecular formula is C23H24BrNO4S2. The lowest BCUT2D eigenvalue weighted by molar-refractivity contribution is -0.115. The van der Waals surface area contributed by atoms with E-state index in [1.165, 1.54) is 17.3 Å². The van der Waals surface area contributed by atoms with E-state index in [1.807, 2.05) is 19.1 Å². The van der Waals surface area contributed by atoms with Gasteiger partial charge in [-0.2, -0.15) is 0 Å². The molecule has 0 aromatic heterocycles. The van der Waals surface area contributed by atoms with Gasteiger partial charge < -0.3 is 19.5 Å². The van der Waals surface area contributed by atoms with Gasteiger partial charge in [-0.05, 0) is 69.7 Å². The number of thiocarbonyl (C=S) groups is 1. The quantitative estimate of drug-likeness (QED) is 0.267. The molecule has 1 aliphatic rings. The molecule has 2 aromatic rings. The van der Waals surface area contributed by atoms with Crippen LogP contribution in [-0.4, -0.2) is 30.6 Å². The summed E-state index contributed by atoms with van der Waals surface area (Å²) in [6.45, 7) is 7.10. The van der Waals surface area contributed by atoms with E-state index in [4.69, 9.17) is 26.4 Å². The first-order chi connectivity index (χ1) is 14.8. The third-order valence-electron chi connectivity index (χ3n) is 4.57. The topological polar surface area (TPSA) is 56.8 Å². The number of thioether (sulfide) groups is 1. The number of hydrogen-bond acceptors (Lipinski definition) is 6. The number of aryl methyl sites for hydroxylation is 1. The molecule has 1 fully saturated rings. The minimum atomic E-state index is -0.195. The van der Waals surface area contributed by atoms with Crippen molar-refractivity contribution in [2.75, 3.05) is 20.3 Å². The first-order valence-corrected chi connectivity index (χ1v) is 11.8. The molecule has 1 aliphatic heterocycles. The van der Waals surface area contributed by atoms with Gasteiger partial charge in [-0.15, -0.1) is 0 Å². The van der Waals surface area contributed by atoms with Gasteiger partial charge >= 0.3 is 0 Å². The number of hydrogen-bond donors (Lipinski definition) is 1. The Balaban J connectivity index is 1.69. The molecule has 0 unspecified atom stereocenters. The molecule has 1 amide bonds. The van der Waals surface area contributed by atoms with Crippen LogP contribution in [0.2, 0.25) is 0 Å². The molecule has 31 heavy (non-hydrogen) atoms. The van der Waals surface area contributed by atoms with Crippen molar-refractivity contribution in [3.63, 3.8) is 0 Å². The van der Waals surface area contributed by atoms with Crippen molar-refractivity contribution >= 4 is 56.2 Å². The van der Waals surface area contributed by atoms with Gasteiger partial charge in [0.2, 0.25) is 0 Å². The first-order valence-electron chi connectivity index (χ1n) is 9.77. The summed E-state index contributed by atoms with van der Waals surface area (Å²) >= 11 is 9.82. The molecule has 0 radical (unpaired) electrons. The van der Waals surface area contributed by atoms with Gasteiger partial charge in [-0.1, -0.05) is 50.0 Å². The Labute approximate surface area is 200 Å². The van der Waals surface area contributed by atoms with Crippen molar-refractivity contribution in [1.82, 2.24) is 5.32 Å². The number of rotatable bonds is 8. The predicted octanol–water partition coefficient (Wildman–Crippen LogP) is 5.84. The van der Waals surface area contributed by atoms with Crippen LogP contribution in [0.5, 0.6) is 17.2 Å². The summed E-state index contributed by atoms with van der Waals surface area (Å²) in [7, 11) is 1.58. The number of methoxy groups -OCH3 is 1. The second-order valence-corrected chi connectivity index (χ2v) is 9.85. The summed E-state index contributed by atoms with van der Waals surface area (Å²) in [5.74, 6) is 2.21. The maximum Gasteiger partial charge on any atom is 0.263 e. The van der Waals surface area contributed by atoms with Crippen molar-refractivity contribution in [1.29, 1.82) is 0 Å². The van der Waals surface area contributed by atoms with Gasteiger partial charge in [-0.25, -0.2) is 0 Å². The highest BCUT2D eigenvalue weighted by molar-refractivity contribution is 9.10. The van der Waals surface area contributed by atoms with E-state index >= 15 is 0 Å². The van der Waals surface area contributed by atoms with E-state index in [2.05, 4.69) is 53.3 Å². The van der Waals surface area contributed by atoms with Crippen LogP contribution in [0.15, 0.2) is 39.7 Å². The third-order valence-corrected chi connectivity index (χ3v) is 6.32. The van der Waals surface area contributed by atoms with Gasteiger partial charge in [-0.3, -0.25) is 4.79 Å².